The maximum atomic E-state index is 13.2. The summed E-state index contributed by atoms with van der Waals surface area (Å²) in [4.78, 5) is 59.2. The Hall–Kier alpha value is -9.59. The Labute approximate surface area is 709 Å². The number of carbonyl (C=O) groups is 5. The normalized spacial score (nSPS) is 17.6. The fourth-order valence-electron chi connectivity index (χ4n) is 13.7. The minimum absolute atomic E-state index is 0.0286. The first-order chi connectivity index (χ1) is 57.7. The Morgan fingerprint density at radius 1 is 0.425 bits per heavy atom. The van der Waals surface area contributed by atoms with Crippen LogP contribution in [0.15, 0.2) is 158 Å². The number of halogens is 24. The van der Waals surface area contributed by atoms with Crippen LogP contribution in [0.1, 0.15) is 137 Å². The largest absolute Gasteiger partial charge is 0.458 e. The molecule has 1 saturated heterocycles. The average molecular weight is 1850 g/mol. The first-order valence-corrected chi connectivity index (χ1v) is 38.0. The average Bonchev–Trinajstić information content (AvgIpc) is 1.64. The lowest BCUT2D eigenvalue weighted by atomic mass is 9.70. The van der Waals surface area contributed by atoms with Gasteiger partial charge in [-0.15, -0.1) is 0 Å². The van der Waals surface area contributed by atoms with Crippen molar-refractivity contribution in [3.05, 3.63) is 174 Å². The van der Waals surface area contributed by atoms with Crippen LogP contribution in [-0.2, 0) is 69.2 Å². The van der Waals surface area contributed by atoms with Gasteiger partial charge in [0.05, 0.1) is 54.7 Å². The van der Waals surface area contributed by atoms with Crippen LogP contribution in [0.25, 0.3) is 32.3 Å². The Kier molecular flexibility index (Phi) is 32.3. The topological polar surface area (TPSA) is 249 Å². The summed E-state index contributed by atoms with van der Waals surface area (Å²) < 4.78 is 359. The highest BCUT2D eigenvalue weighted by atomic mass is 19.4. The lowest BCUT2D eigenvalue weighted by Gasteiger charge is -2.42. The molecule has 0 spiro atoms. The second-order valence-electron chi connectivity index (χ2n) is 31.6. The van der Waals surface area contributed by atoms with E-state index in [2.05, 4.69) is 26.3 Å². The molecule has 1 aliphatic heterocycles. The number of hydrogen-bond acceptors (Lipinski definition) is 18. The minimum Gasteiger partial charge on any atom is -0.458 e. The van der Waals surface area contributed by atoms with E-state index >= 15 is 0 Å². The van der Waals surface area contributed by atoms with Gasteiger partial charge in [-0.05, 0) is 173 Å². The number of fused-ring (bicyclic) bond motifs is 5. The molecule has 18 nitrogen and oxygen atoms in total. The smallest absolute Gasteiger partial charge is 0.428 e. The van der Waals surface area contributed by atoms with E-state index in [1.807, 2.05) is 0 Å². The number of rotatable bonds is 26. The first kappa shape index (κ1) is 106. The van der Waals surface area contributed by atoms with Crippen LogP contribution in [0.5, 0.6) is 17.2 Å². The molecule has 9 rings (SSSR count). The second kappa shape index (κ2) is 38.6. The standard InChI is InChI=1S/C23H22F6O4.C23H24F6O4.C21H20F6O4.C18H22F6O6/c1-14(2)19(30)33-16-8-9-17-15(12-16)6-5-7-18(17)20(10-3-4-11-20)32-13-21(31,22(24,25)26)23(27,28)29;1-5-20(6-2,32-13-21(31,22(24,25)26)23(27,28)29)18-9-7-8-15-12-16(10-11-17(15)18)33-19(30)14(3)4;1-12(2)17(28)31-14-8-9-15-13(10-14)6-5-7-16(15)18(3,4)30-11-19(29,20(22,23)24)21(25,26)27;1-8(2)13(25)29-12-6-10(9-5-11(12)30-14(9)26)15(3,4)28-7-16(27,17(19,20)21)18(22,23)24/h5-9,12,31H,1,3-4,10-11,13H2,2H3;7-12,31H,3,5-6,13H2,1-2,4H3;5-10,29H,1,11H2,2-4H3;9-12,27H,1,5-7H2,2-4H3. The van der Waals surface area contributed by atoms with E-state index in [4.69, 9.17) is 42.6 Å². The number of alkyl halides is 24. The molecule has 2 aliphatic carbocycles. The Morgan fingerprint density at radius 2 is 0.756 bits per heavy atom. The van der Waals surface area contributed by atoms with Crippen LogP contribution in [0, 0.1) is 11.8 Å². The van der Waals surface area contributed by atoms with Gasteiger partial charge in [-0.25, -0.2) is 19.2 Å². The van der Waals surface area contributed by atoms with Gasteiger partial charge in [0.1, 0.15) is 29.5 Å². The van der Waals surface area contributed by atoms with Gasteiger partial charge in [-0.3, -0.25) is 4.79 Å². The molecule has 4 unspecified atom stereocenters. The lowest BCUT2D eigenvalue weighted by Crippen LogP contribution is -2.61. The maximum absolute atomic E-state index is 13.2. The van der Waals surface area contributed by atoms with Crippen LogP contribution in [0.4, 0.5) is 105 Å². The fraction of sp³-hybridized carbons (Fsp3) is 0.494. The van der Waals surface area contributed by atoms with Gasteiger partial charge in [-0.1, -0.05) is 126 Å². The zero-order valence-corrected chi connectivity index (χ0v) is 69.1. The summed E-state index contributed by atoms with van der Waals surface area (Å²) in [6, 6.07) is 27.7. The van der Waals surface area contributed by atoms with Crippen molar-refractivity contribution >= 4 is 62.2 Å². The van der Waals surface area contributed by atoms with Crippen molar-refractivity contribution in [1.29, 1.82) is 0 Å². The quantitative estimate of drug-likeness (QED) is 0.0170. The second-order valence-corrected chi connectivity index (χ2v) is 31.6. The van der Waals surface area contributed by atoms with Gasteiger partial charge < -0.3 is 63.1 Å². The van der Waals surface area contributed by atoms with Gasteiger partial charge in [0, 0.05) is 34.6 Å². The number of benzene rings is 6. The highest BCUT2D eigenvalue weighted by Crippen LogP contribution is 2.54. The summed E-state index contributed by atoms with van der Waals surface area (Å²) in [5.74, 6) is -4.65. The summed E-state index contributed by atoms with van der Waals surface area (Å²) in [6.45, 7) is 19.6. The number of hydrogen-bond donors (Lipinski definition) is 4. The summed E-state index contributed by atoms with van der Waals surface area (Å²) in [7, 11) is 0. The fourth-order valence-corrected chi connectivity index (χ4v) is 13.7. The number of carbonyl (C=O) groups excluding carboxylic acids is 5. The first-order valence-electron chi connectivity index (χ1n) is 38.0. The zero-order chi connectivity index (χ0) is 97.0. The monoisotopic (exact) mass is 1850 g/mol. The van der Waals surface area contributed by atoms with Gasteiger partial charge in [-0.2, -0.15) is 105 Å². The van der Waals surface area contributed by atoms with E-state index in [1.54, 1.807) is 56.3 Å². The van der Waals surface area contributed by atoms with E-state index < -0.39 is 175 Å². The molecule has 4 N–H and O–H groups in total. The third-order valence-corrected chi connectivity index (χ3v) is 21.5. The lowest BCUT2D eigenvalue weighted by molar-refractivity contribution is -0.384. The van der Waals surface area contributed by atoms with Crippen LogP contribution in [-0.4, -0.2) is 166 Å². The Morgan fingerprint density at radius 3 is 1.13 bits per heavy atom. The predicted molar refractivity (Wildman–Crippen MR) is 406 cm³/mol. The summed E-state index contributed by atoms with van der Waals surface area (Å²) >= 11 is 0. The molecule has 0 aromatic heterocycles. The van der Waals surface area contributed by atoms with E-state index in [0.29, 0.717) is 56.3 Å². The molecule has 6 aromatic rings. The Bertz CT molecular complexity index is 4790. The molecule has 0 amide bonds. The molecular weight excluding hydrogens is 1760 g/mol. The number of ether oxygens (including phenoxy) is 9. The SMILES string of the molecule is C=C(C)C(=O)OC1CC(C(C)(C)OCC(O)(C(F)(F)F)C(F)(F)F)C2CC1OC2=O.C=C(C)C(=O)Oc1ccc2c(C(C)(C)OCC(O)(C(F)(F)F)C(F)(F)F)cccc2c1.C=C(C)C(=O)Oc1ccc2c(C(CC)(CC)OCC(O)(C(F)(F)F)C(F)(F)F)cccc2c1.C=C(C)C(=O)Oc1ccc2c(C3(OCC(O)(C(F)(F)F)C(F)(F)F)CCCC3)cccc2c1. The van der Waals surface area contributed by atoms with Crippen LogP contribution < -0.4 is 14.2 Å². The molecule has 2 bridgehead atoms. The van der Waals surface area contributed by atoms with E-state index in [0.717, 1.165) is 0 Å². The van der Waals surface area contributed by atoms with Crippen molar-refractivity contribution in [3.8, 4) is 17.2 Å². The molecule has 3 aliphatic rings. The third-order valence-electron chi connectivity index (χ3n) is 21.5. The van der Waals surface area contributed by atoms with Crippen LogP contribution >= 0.6 is 0 Å². The van der Waals surface area contributed by atoms with Crippen LogP contribution in [0.2, 0.25) is 0 Å². The highest BCUT2D eigenvalue weighted by molar-refractivity contribution is 5.94. The molecule has 6 aromatic carbocycles. The highest BCUT2D eigenvalue weighted by Gasteiger charge is 2.75. The van der Waals surface area contributed by atoms with E-state index in [9.17, 15) is 150 Å². The minimum atomic E-state index is -6.04. The van der Waals surface area contributed by atoms with E-state index in [1.165, 1.54) is 122 Å². The zero-order valence-electron chi connectivity index (χ0n) is 69.1. The molecule has 2 saturated carbocycles. The summed E-state index contributed by atoms with van der Waals surface area (Å²) in [5.41, 5.74) is -24.9. The molecule has 1 heterocycles. The molecule has 3 fully saturated rings. The molecule has 0 radical (unpaired) electrons. The molecule has 127 heavy (non-hydrogen) atoms. The molecule has 704 valence electrons. The number of esters is 5. The third kappa shape index (κ3) is 23.5. The summed E-state index contributed by atoms with van der Waals surface area (Å²) in [6.07, 6.45) is -48.2. The van der Waals surface area contributed by atoms with Crippen LogP contribution in [0.3, 0.4) is 0 Å². The molecule has 4 atom stereocenters. The van der Waals surface area contributed by atoms with Crippen molar-refractivity contribution in [2.75, 3.05) is 26.4 Å². The molecule has 42 heteroatoms. The molecular formula is C85H88F24O18. The number of aliphatic hydroxyl groups is 4. The predicted octanol–water partition coefficient (Wildman–Crippen LogP) is 20.7. The van der Waals surface area contributed by atoms with Crippen molar-refractivity contribution < 1.29 is 192 Å². The van der Waals surface area contributed by atoms with Gasteiger partial charge in [0.2, 0.25) is 0 Å². The van der Waals surface area contributed by atoms with Gasteiger partial charge in [0.25, 0.3) is 22.4 Å². The van der Waals surface area contributed by atoms with Crippen molar-refractivity contribution in [3.63, 3.8) is 0 Å². The van der Waals surface area contributed by atoms with Gasteiger partial charge >= 0.3 is 79.3 Å². The van der Waals surface area contributed by atoms with E-state index in [-0.39, 0.29) is 83.6 Å². The Balaban J connectivity index is 0.000000262. The van der Waals surface area contributed by atoms with Gasteiger partial charge in [0.15, 0.2) is 0 Å². The summed E-state index contributed by atoms with van der Waals surface area (Å²) in [5, 5.41) is 40.8. The maximum Gasteiger partial charge on any atom is 0.428 e. The van der Waals surface area contributed by atoms with Crippen molar-refractivity contribution in [2.24, 2.45) is 11.8 Å². The van der Waals surface area contributed by atoms with Crippen molar-refractivity contribution in [1.82, 2.24) is 0 Å². The van der Waals surface area contributed by atoms with Crippen molar-refractivity contribution in [2.45, 2.75) is 227 Å².